The number of β-amino-alcohol motifs (C(OH)–C–C–N with tert-alkyl or cyclic N) is 1. The van der Waals surface area contributed by atoms with Gasteiger partial charge < -0.3 is 10.0 Å². The van der Waals surface area contributed by atoms with Crippen LogP contribution < -0.4 is 4.90 Å². The molecule has 10 heavy (non-hydrogen) atoms. The van der Waals surface area contributed by atoms with Crippen LogP contribution in [-0.2, 0) is 0 Å². The summed E-state index contributed by atoms with van der Waals surface area (Å²) in [6.45, 7) is 5.50. The predicted octanol–water partition coefficient (Wildman–Crippen LogP) is -2.03. The molecule has 0 aromatic carbocycles. The highest BCUT2D eigenvalue weighted by Gasteiger charge is 2.11. The first kappa shape index (κ1) is 7.98. The van der Waals surface area contributed by atoms with Gasteiger partial charge in [-0.2, -0.15) is 7.05 Å². The Labute approximate surface area is 62.2 Å². The Hall–Kier alpha value is -0.120. The van der Waals surface area contributed by atoms with Gasteiger partial charge in [-0.3, -0.25) is 4.90 Å². The summed E-state index contributed by atoms with van der Waals surface area (Å²) in [5, 5.41) is 8.62. The number of rotatable bonds is 2. The largest absolute Gasteiger partial charge is 0.466 e. The van der Waals surface area contributed by atoms with Gasteiger partial charge in [0.15, 0.2) is 0 Å². The second kappa shape index (κ2) is 3.91. The summed E-state index contributed by atoms with van der Waals surface area (Å²) in [5.41, 5.74) is 0. The molecule has 60 valence electrons. The molecule has 0 unspecified atom stereocenters. The fraction of sp³-hybridized carbons (Fsp3) is 0.857. The summed E-state index contributed by atoms with van der Waals surface area (Å²) in [6.07, 6.45) is 0. The van der Waals surface area contributed by atoms with Crippen LogP contribution in [0.4, 0.5) is 0 Å². The fourth-order valence-electron chi connectivity index (χ4n) is 1.23. The third-order valence-corrected chi connectivity index (χ3v) is 1.98. The van der Waals surface area contributed by atoms with E-state index in [2.05, 4.69) is 11.9 Å². The van der Waals surface area contributed by atoms with Crippen LogP contribution in [-0.4, -0.2) is 49.3 Å². The van der Waals surface area contributed by atoms with E-state index in [9.17, 15) is 0 Å². The molecule has 0 saturated carbocycles. The molecule has 0 spiro atoms. The number of hydrogen-bond acceptors (Lipinski definition) is 2. The topological polar surface area (TPSA) is 27.9 Å². The third-order valence-electron chi connectivity index (χ3n) is 1.98. The van der Waals surface area contributed by atoms with Crippen LogP contribution in [0.5, 0.6) is 0 Å². The molecule has 1 saturated heterocycles. The average Bonchev–Trinajstić information content (AvgIpc) is 1.95. The van der Waals surface area contributed by atoms with Crippen molar-refractivity contribution in [3.05, 3.63) is 7.05 Å². The van der Waals surface area contributed by atoms with Crippen molar-refractivity contribution >= 4 is 0 Å². The van der Waals surface area contributed by atoms with Gasteiger partial charge in [0.05, 0.1) is 19.7 Å². The summed E-state index contributed by atoms with van der Waals surface area (Å²) >= 11 is 0. The molecule has 0 amide bonds. The Morgan fingerprint density at radius 2 is 2.00 bits per heavy atom. The molecule has 3 nitrogen and oxygen atoms in total. The molecule has 2 N–H and O–H groups in total. The van der Waals surface area contributed by atoms with E-state index in [1.165, 1.54) is 4.90 Å². The van der Waals surface area contributed by atoms with E-state index in [-0.39, 0.29) is 6.61 Å². The lowest BCUT2D eigenvalue weighted by molar-refractivity contribution is -0.858. The minimum atomic E-state index is 0.284. The van der Waals surface area contributed by atoms with Crippen LogP contribution in [0.1, 0.15) is 0 Å². The van der Waals surface area contributed by atoms with Crippen molar-refractivity contribution in [2.45, 2.75) is 0 Å². The maximum Gasteiger partial charge on any atom is 0.0660 e. The van der Waals surface area contributed by atoms with E-state index in [1.54, 1.807) is 0 Å². The van der Waals surface area contributed by atoms with Crippen LogP contribution in [0.25, 0.3) is 0 Å². The van der Waals surface area contributed by atoms with Crippen molar-refractivity contribution in [2.24, 2.45) is 0 Å². The van der Waals surface area contributed by atoms with E-state index < -0.39 is 0 Å². The van der Waals surface area contributed by atoms with Gasteiger partial charge in [0.25, 0.3) is 0 Å². The zero-order chi connectivity index (χ0) is 7.40. The van der Waals surface area contributed by atoms with E-state index >= 15 is 0 Å². The lowest BCUT2D eigenvalue weighted by Gasteiger charge is -2.33. The lowest BCUT2D eigenvalue weighted by Crippen LogP contribution is -3.10. The normalized spacial score (nSPS) is 23.4. The maximum atomic E-state index is 8.62. The van der Waals surface area contributed by atoms with Gasteiger partial charge in [-0.1, -0.05) is 0 Å². The van der Waals surface area contributed by atoms with Crippen LogP contribution in [0.15, 0.2) is 0 Å². The molecule has 0 atom stereocenters. The SMILES string of the molecule is [CH2-][NH+]1CCN(CCO)CC1. The maximum absolute atomic E-state index is 8.62. The smallest absolute Gasteiger partial charge is 0.0660 e. The van der Waals surface area contributed by atoms with E-state index in [0.29, 0.717) is 0 Å². The minimum Gasteiger partial charge on any atom is -0.466 e. The quantitative estimate of drug-likeness (QED) is 0.438. The Morgan fingerprint density at radius 1 is 1.40 bits per heavy atom. The first-order valence-electron chi connectivity index (χ1n) is 3.83. The van der Waals surface area contributed by atoms with Crippen molar-refractivity contribution < 1.29 is 10.0 Å². The summed E-state index contributed by atoms with van der Waals surface area (Å²) in [5.74, 6) is 0. The van der Waals surface area contributed by atoms with Crippen molar-refractivity contribution in [1.82, 2.24) is 4.90 Å². The van der Waals surface area contributed by atoms with Crippen LogP contribution in [0, 0.1) is 7.05 Å². The first-order chi connectivity index (χ1) is 4.83. The number of piperazine rings is 1. The van der Waals surface area contributed by atoms with Crippen molar-refractivity contribution in [1.29, 1.82) is 0 Å². The summed E-state index contributed by atoms with van der Waals surface area (Å²) in [4.78, 5) is 3.63. The molecule has 1 rings (SSSR count). The molecule has 0 aliphatic carbocycles. The summed E-state index contributed by atoms with van der Waals surface area (Å²) in [6, 6.07) is 0. The van der Waals surface area contributed by atoms with Gasteiger partial charge in [0.1, 0.15) is 0 Å². The molecule has 0 aromatic rings. The van der Waals surface area contributed by atoms with Crippen molar-refractivity contribution in [2.75, 3.05) is 39.3 Å². The number of aliphatic hydroxyl groups is 1. The second-order valence-electron chi connectivity index (χ2n) is 2.82. The molecule has 3 heteroatoms. The zero-order valence-corrected chi connectivity index (χ0v) is 6.34. The monoisotopic (exact) mass is 144 g/mol. The standard InChI is InChI=1S/C7H16N2O/c1-8-2-4-9(5-3-8)6-7-10/h8,10H,1-7H2. The minimum absolute atomic E-state index is 0.284. The highest BCUT2D eigenvalue weighted by atomic mass is 16.3. The molecular weight excluding hydrogens is 128 g/mol. The first-order valence-corrected chi connectivity index (χ1v) is 3.83. The van der Waals surface area contributed by atoms with Gasteiger partial charge in [-0.25, -0.2) is 0 Å². The summed E-state index contributed by atoms with van der Waals surface area (Å²) < 4.78 is 0. The third kappa shape index (κ3) is 2.25. The molecule has 1 aliphatic heterocycles. The van der Waals surface area contributed by atoms with Crippen LogP contribution in [0.2, 0.25) is 0 Å². The van der Waals surface area contributed by atoms with Gasteiger partial charge in [0, 0.05) is 19.6 Å². The van der Waals surface area contributed by atoms with Gasteiger partial charge >= 0.3 is 0 Å². The zero-order valence-electron chi connectivity index (χ0n) is 6.34. The van der Waals surface area contributed by atoms with E-state index in [4.69, 9.17) is 5.11 Å². The number of hydrogen-bond donors (Lipinski definition) is 2. The number of quaternary nitrogens is 1. The highest BCUT2D eigenvalue weighted by molar-refractivity contribution is 4.58. The fourth-order valence-corrected chi connectivity index (χ4v) is 1.23. The predicted molar refractivity (Wildman–Crippen MR) is 39.6 cm³/mol. The number of nitrogens with zero attached hydrogens (tertiary/aromatic N) is 1. The van der Waals surface area contributed by atoms with Crippen molar-refractivity contribution in [3.63, 3.8) is 0 Å². The molecule has 1 heterocycles. The Bertz CT molecular complexity index is 89.6. The number of nitrogens with one attached hydrogen (secondary N) is 1. The average molecular weight is 144 g/mol. The van der Waals surface area contributed by atoms with Gasteiger partial charge in [-0.15, -0.1) is 0 Å². The van der Waals surface area contributed by atoms with Gasteiger partial charge in [0.2, 0.25) is 0 Å². The second-order valence-corrected chi connectivity index (χ2v) is 2.82. The van der Waals surface area contributed by atoms with E-state index in [1.807, 2.05) is 0 Å². The molecule has 0 aromatic heterocycles. The molecular formula is C7H16N2O. The highest BCUT2D eigenvalue weighted by Crippen LogP contribution is 1.86. The van der Waals surface area contributed by atoms with Crippen LogP contribution >= 0.6 is 0 Å². The lowest BCUT2D eigenvalue weighted by atomic mass is 10.3. The Balaban J connectivity index is 2.13. The van der Waals surface area contributed by atoms with Crippen molar-refractivity contribution in [3.8, 4) is 0 Å². The molecule has 1 fully saturated rings. The van der Waals surface area contributed by atoms with Gasteiger partial charge in [-0.05, 0) is 0 Å². The van der Waals surface area contributed by atoms with Crippen LogP contribution in [0.3, 0.4) is 0 Å². The molecule has 0 bridgehead atoms. The molecule has 1 aliphatic rings. The number of aliphatic hydroxyl groups excluding tert-OH is 1. The Kier molecular flexibility index (Phi) is 3.12. The Morgan fingerprint density at radius 3 is 2.50 bits per heavy atom. The van der Waals surface area contributed by atoms with E-state index in [0.717, 1.165) is 32.7 Å². The molecule has 0 radical (unpaired) electrons. The summed E-state index contributed by atoms with van der Waals surface area (Å²) in [7, 11) is 3.92.